The molecule has 2 atom stereocenters. The molecule has 1 aliphatic rings. The van der Waals surface area contributed by atoms with Crippen molar-refractivity contribution in [3.63, 3.8) is 0 Å². The molecular weight excluding hydrogens is 264 g/mol. The highest BCUT2D eigenvalue weighted by molar-refractivity contribution is 7.92. The number of carbonyl (C=O) groups is 1. The third-order valence-electron chi connectivity index (χ3n) is 3.55. The predicted molar refractivity (Wildman–Crippen MR) is 75.8 cm³/mol. The average molecular weight is 282 g/mol. The first-order valence-corrected chi connectivity index (χ1v) is 8.07. The first-order valence-electron chi connectivity index (χ1n) is 6.12. The van der Waals surface area contributed by atoms with Crippen LogP contribution in [0.4, 0.5) is 11.4 Å². The maximum absolute atomic E-state index is 12.4. The number of rotatable bonds is 2. The third-order valence-corrected chi connectivity index (χ3v) is 5.03. The minimum Gasteiger partial charge on any atom is -0.399 e. The average Bonchev–Trinajstić information content (AvgIpc) is 2.61. The number of nitrogen functional groups attached to an aromatic ring is 1. The van der Waals surface area contributed by atoms with E-state index in [4.69, 9.17) is 5.73 Å². The Kier molecular flexibility index (Phi) is 3.30. The maximum Gasteiger partial charge on any atom is 0.245 e. The van der Waals surface area contributed by atoms with E-state index in [-0.39, 0.29) is 11.9 Å². The smallest absolute Gasteiger partial charge is 0.245 e. The van der Waals surface area contributed by atoms with E-state index in [1.54, 1.807) is 17.0 Å². The largest absolute Gasteiger partial charge is 0.399 e. The van der Waals surface area contributed by atoms with E-state index in [0.717, 1.165) is 17.5 Å². The van der Waals surface area contributed by atoms with Crippen molar-refractivity contribution < 1.29 is 13.2 Å². The van der Waals surface area contributed by atoms with Gasteiger partial charge in [0.15, 0.2) is 9.84 Å². The zero-order valence-corrected chi connectivity index (χ0v) is 12.1. The third kappa shape index (κ3) is 2.45. The van der Waals surface area contributed by atoms with Gasteiger partial charge >= 0.3 is 0 Å². The summed E-state index contributed by atoms with van der Waals surface area (Å²) in [5.41, 5.74) is 8.13. The van der Waals surface area contributed by atoms with E-state index in [9.17, 15) is 13.2 Å². The molecule has 2 unspecified atom stereocenters. The summed E-state index contributed by atoms with van der Waals surface area (Å²) in [4.78, 5) is 13.9. The van der Waals surface area contributed by atoms with Gasteiger partial charge < -0.3 is 10.6 Å². The molecule has 2 N–H and O–H groups in total. The van der Waals surface area contributed by atoms with Crippen LogP contribution in [0.5, 0.6) is 0 Å². The Morgan fingerprint density at radius 2 is 2.11 bits per heavy atom. The Bertz CT molecular complexity index is 625. The summed E-state index contributed by atoms with van der Waals surface area (Å²) in [6, 6.07) is 5.29. The molecule has 0 aliphatic carbocycles. The fourth-order valence-corrected chi connectivity index (χ4v) is 2.85. The maximum atomic E-state index is 12.4. The molecule has 2 rings (SSSR count). The highest BCUT2D eigenvalue weighted by Gasteiger charge is 2.36. The molecule has 1 aliphatic heterocycles. The number of sulfone groups is 1. The lowest BCUT2D eigenvalue weighted by atomic mass is 10.1. The van der Waals surface area contributed by atoms with Gasteiger partial charge in [0, 0.05) is 23.7 Å². The summed E-state index contributed by atoms with van der Waals surface area (Å²) in [5.74, 6) is -0.376. The number of nitrogens with two attached hydrogens (primary N) is 1. The monoisotopic (exact) mass is 282 g/mol. The molecule has 0 fully saturated rings. The molecule has 19 heavy (non-hydrogen) atoms. The topological polar surface area (TPSA) is 80.5 Å². The normalized spacial score (nSPS) is 20.2. The summed E-state index contributed by atoms with van der Waals surface area (Å²) >= 11 is 0. The number of nitrogens with zero attached hydrogens (tertiary/aromatic N) is 1. The molecule has 0 spiro atoms. The van der Waals surface area contributed by atoms with Crippen LogP contribution in [-0.2, 0) is 21.1 Å². The van der Waals surface area contributed by atoms with E-state index in [1.165, 1.54) is 6.92 Å². The van der Waals surface area contributed by atoms with Crippen molar-refractivity contribution in [1.29, 1.82) is 0 Å². The first-order chi connectivity index (χ1) is 8.71. The van der Waals surface area contributed by atoms with Gasteiger partial charge in [-0.1, -0.05) is 0 Å². The number of benzene rings is 1. The standard InChI is InChI=1S/C13H18N2O3S/c1-8-6-10-7-11(14)4-5-12(10)15(8)13(16)9(2)19(3,17)18/h4-5,7-9H,6,14H2,1-3H3. The minimum atomic E-state index is -3.39. The van der Waals surface area contributed by atoms with Gasteiger partial charge in [-0.3, -0.25) is 4.79 Å². The highest BCUT2D eigenvalue weighted by atomic mass is 32.2. The second-order valence-corrected chi connectivity index (χ2v) is 7.49. The lowest BCUT2D eigenvalue weighted by molar-refractivity contribution is -0.118. The molecule has 0 radical (unpaired) electrons. The van der Waals surface area contributed by atoms with Crippen LogP contribution in [0.3, 0.4) is 0 Å². The van der Waals surface area contributed by atoms with E-state index in [1.807, 2.05) is 13.0 Å². The summed E-state index contributed by atoms with van der Waals surface area (Å²) < 4.78 is 23.1. The summed E-state index contributed by atoms with van der Waals surface area (Å²) in [7, 11) is -3.39. The zero-order chi connectivity index (χ0) is 14.4. The van der Waals surface area contributed by atoms with Crippen LogP contribution in [0.25, 0.3) is 0 Å². The lowest BCUT2D eigenvalue weighted by Gasteiger charge is -2.25. The van der Waals surface area contributed by atoms with Crippen molar-refractivity contribution >= 4 is 27.1 Å². The second-order valence-electron chi connectivity index (χ2n) is 5.12. The summed E-state index contributed by atoms with van der Waals surface area (Å²) in [6.45, 7) is 3.34. The number of carbonyl (C=O) groups excluding carboxylic acids is 1. The molecule has 0 saturated carbocycles. The number of hydrogen-bond acceptors (Lipinski definition) is 4. The number of anilines is 2. The molecule has 1 amide bonds. The van der Waals surface area contributed by atoms with Crippen LogP contribution in [0.1, 0.15) is 19.4 Å². The molecule has 0 aromatic heterocycles. The molecule has 5 nitrogen and oxygen atoms in total. The quantitative estimate of drug-likeness (QED) is 0.820. The fraction of sp³-hybridized carbons (Fsp3) is 0.462. The van der Waals surface area contributed by atoms with Crippen LogP contribution >= 0.6 is 0 Å². The van der Waals surface area contributed by atoms with Crippen molar-refractivity contribution in [1.82, 2.24) is 0 Å². The molecule has 1 aromatic carbocycles. The van der Waals surface area contributed by atoms with Crippen LogP contribution in [0, 0.1) is 0 Å². The van der Waals surface area contributed by atoms with E-state index in [0.29, 0.717) is 12.1 Å². The highest BCUT2D eigenvalue weighted by Crippen LogP contribution is 2.34. The van der Waals surface area contributed by atoms with Gasteiger partial charge in [0.2, 0.25) is 5.91 Å². The predicted octanol–water partition coefficient (Wildman–Crippen LogP) is 0.979. The number of amides is 1. The molecular formula is C13H18N2O3S. The van der Waals surface area contributed by atoms with Crippen LogP contribution in [0.2, 0.25) is 0 Å². The van der Waals surface area contributed by atoms with Gasteiger partial charge in [-0.2, -0.15) is 0 Å². The lowest BCUT2D eigenvalue weighted by Crippen LogP contribution is -2.44. The first kappa shape index (κ1) is 13.9. The Morgan fingerprint density at radius 3 is 2.68 bits per heavy atom. The Labute approximate surface area is 113 Å². The fourth-order valence-electron chi connectivity index (χ4n) is 2.37. The molecule has 6 heteroatoms. The van der Waals surface area contributed by atoms with Crippen LogP contribution < -0.4 is 10.6 Å². The molecule has 0 bridgehead atoms. The van der Waals surface area contributed by atoms with Gasteiger partial charge in [0.05, 0.1) is 0 Å². The van der Waals surface area contributed by atoms with E-state index >= 15 is 0 Å². The van der Waals surface area contributed by atoms with E-state index in [2.05, 4.69) is 0 Å². The van der Waals surface area contributed by atoms with Crippen molar-refractivity contribution in [2.75, 3.05) is 16.9 Å². The van der Waals surface area contributed by atoms with Crippen LogP contribution in [-0.4, -0.2) is 31.9 Å². The molecule has 1 heterocycles. The van der Waals surface area contributed by atoms with Gasteiger partial charge in [0.25, 0.3) is 0 Å². The van der Waals surface area contributed by atoms with Gasteiger partial charge in [-0.15, -0.1) is 0 Å². The van der Waals surface area contributed by atoms with Gasteiger partial charge in [0.1, 0.15) is 5.25 Å². The Morgan fingerprint density at radius 1 is 1.47 bits per heavy atom. The zero-order valence-electron chi connectivity index (χ0n) is 11.3. The molecule has 104 valence electrons. The minimum absolute atomic E-state index is 0.0477. The van der Waals surface area contributed by atoms with Gasteiger partial charge in [-0.05, 0) is 44.0 Å². The van der Waals surface area contributed by atoms with Crippen molar-refractivity contribution in [2.24, 2.45) is 0 Å². The van der Waals surface area contributed by atoms with Gasteiger partial charge in [-0.25, -0.2) is 8.42 Å². The SMILES string of the molecule is CC1Cc2cc(N)ccc2N1C(=O)C(C)S(C)(=O)=O. The van der Waals surface area contributed by atoms with Crippen molar-refractivity contribution in [2.45, 2.75) is 31.6 Å². The summed E-state index contributed by atoms with van der Waals surface area (Å²) in [6.07, 6.45) is 1.78. The summed E-state index contributed by atoms with van der Waals surface area (Å²) in [5, 5.41) is -1.03. The molecule has 0 saturated heterocycles. The van der Waals surface area contributed by atoms with E-state index < -0.39 is 15.1 Å². The number of hydrogen-bond donors (Lipinski definition) is 1. The van der Waals surface area contributed by atoms with Crippen molar-refractivity contribution in [3.8, 4) is 0 Å². The number of fused-ring (bicyclic) bond motifs is 1. The second kappa shape index (κ2) is 4.52. The molecule has 1 aromatic rings. The van der Waals surface area contributed by atoms with Crippen LogP contribution in [0.15, 0.2) is 18.2 Å². The Hall–Kier alpha value is -1.56. The Balaban J connectivity index is 2.40. The van der Waals surface area contributed by atoms with Crippen molar-refractivity contribution in [3.05, 3.63) is 23.8 Å².